The minimum Gasteiger partial charge on any atom is -0.481 e. The molecule has 1 N–H and O–H groups in total. The van der Waals surface area contributed by atoms with Gasteiger partial charge in [0, 0.05) is 6.04 Å². The smallest absolute Gasteiger partial charge is 0.313 e. The number of hydrogen-bond donors (Lipinski definition) is 1. The third-order valence-corrected chi connectivity index (χ3v) is 5.35. The zero-order chi connectivity index (χ0) is 14.3. The fraction of sp³-hybridized carbons (Fsp3) is 0.462. The zero-order valence-corrected chi connectivity index (χ0v) is 12.5. The molecule has 3 rings (SSSR count). The number of hydrogen-bond acceptors (Lipinski definition) is 5. The number of thiophene rings is 1. The summed E-state index contributed by atoms with van der Waals surface area (Å²) in [5.74, 6) is -0.476. The molecule has 0 bridgehead atoms. The highest BCUT2D eigenvalue weighted by atomic mass is 32.2. The molecule has 1 fully saturated rings. The first-order valence-electron chi connectivity index (χ1n) is 6.42. The van der Waals surface area contributed by atoms with Crippen LogP contribution in [-0.4, -0.2) is 26.4 Å². The molecule has 0 amide bonds. The van der Waals surface area contributed by atoms with Gasteiger partial charge in [-0.3, -0.25) is 14.2 Å². The molecular formula is C13H14N2O3S2. The number of thioether (sulfide) groups is 1. The first kappa shape index (κ1) is 13.6. The summed E-state index contributed by atoms with van der Waals surface area (Å²) < 4.78 is 2.33. The average molecular weight is 310 g/mol. The van der Waals surface area contributed by atoms with Crippen LogP contribution in [0.1, 0.15) is 25.8 Å². The highest BCUT2D eigenvalue weighted by Crippen LogP contribution is 2.40. The van der Waals surface area contributed by atoms with Crippen molar-refractivity contribution in [2.24, 2.45) is 5.92 Å². The average Bonchev–Trinajstić information content (AvgIpc) is 3.14. The lowest BCUT2D eigenvalue weighted by molar-refractivity contribution is -0.133. The van der Waals surface area contributed by atoms with E-state index in [2.05, 4.69) is 4.98 Å². The van der Waals surface area contributed by atoms with Crippen LogP contribution < -0.4 is 5.56 Å². The van der Waals surface area contributed by atoms with Crippen molar-refractivity contribution in [1.82, 2.24) is 9.55 Å². The summed E-state index contributed by atoms with van der Waals surface area (Å²) in [5.41, 5.74) is 0.615. The van der Waals surface area contributed by atoms with Gasteiger partial charge >= 0.3 is 5.97 Å². The van der Waals surface area contributed by atoms with Crippen molar-refractivity contribution in [2.45, 2.75) is 31.0 Å². The van der Waals surface area contributed by atoms with Crippen LogP contribution >= 0.6 is 23.1 Å². The number of fused-ring (bicyclic) bond motifs is 1. The summed E-state index contributed by atoms with van der Waals surface area (Å²) in [5, 5.41) is 11.2. The van der Waals surface area contributed by atoms with E-state index in [4.69, 9.17) is 5.11 Å². The third kappa shape index (κ3) is 2.47. The van der Waals surface area contributed by atoms with E-state index in [9.17, 15) is 9.59 Å². The van der Waals surface area contributed by atoms with E-state index >= 15 is 0 Å². The molecule has 5 nitrogen and oxygen atoms in total. The van der Waals surface area contributed by atoms with Crippen LogP contribution in [0.4, 0.5) is 0 Å². The number of carboxylic acids is 1. The van der Waals surface area contributed by atoms with E-state index in [0.717, 1.165) is 24.6 Å². The largest absolute Gasteiger partial charge is 0.481 e. The van der Waals surface area contributed by atoms with Crippen molar-refractivity contribution in [3.63, 3.8) is 0 Å². The highest BCUT2D eigenvalue weighted by molar-refractivity contribution is 7.99. The van der Waals surface area contributed by atoms with Crippen LogP contribution in [0.25, 0.3) is 10.2 Å². The predicted octanol–water partition coefficient (Wildman–Crippen LogP) is 2.61. The Balaban J connectivity index is 2.10. The summed E-state index contributed by atoms with van der Waals surface area (Å²) in [4.78, 5) is 27.8. The molecule has 106 valence electrons. The fourth-order valence-corrected chi connectivity index (χ4v) is 3.85. The zero-order valence-electron chi connectivity index (χ0n) is 10.9. The Labute approximate surface area is 123 Å². The Morgan fingerprint density at radius 2 is 2.40 bits per heavy atom. The van der Waals surface area contributed by atoms with Crippen LogP contribution in [0.5, 0.6) is 0 Å². The molecule has 1 aliphatic carbocycles. The van der Waals surface area contributed by atoms with Gasteiger partial charge in [-0.25, -0.2) is 4.98 Å². The minimum atomic E-state index is -0.903. The van der Waals surface area contributed by atoms with Crippen molar-refractivity contribution in [3.8, 4) is 0 Å². The molecule has 1 aliphatic rings. The monoisotopic (exact) mass is 310 g/mol. The third-order valence-electron chi connectivity index (χ3n) is 3.52. The maximum absolute atomic E-state index is 12.6. The van der Waals surface area contributed by atoms with Gasteiger partial charge in [-0.05, 0) is 37.1 Å². The summed E-state index contributed by atoms with van der Waals surface area (Å²) in [6, 6.07) is 1.89. The van der Waals surface area contributed by atoms with Gasteiger partial charge in [0.2, 0.25) is 0 Å². The Bertz CT molecular complexity index is 718. The summed E-state index contributed by atoms with van der Waals surface area (Å²) in [7, 11) is 0. The molecule has 7 heteroatoms. The van der Waals surface area contributed by atoms with Crippen LogP contribution in [0.15, 0.2) is 21.4 Å². The van der Waals surface area contributed by atoms with Gasteiger partial charge in [0.1, 0.15) is 4.70 Å². The number of aliphatic carboxylic acids is 1. The van der Waals surface area contributed by atoms with E-state index < -0.39 is 5.97 Å². The maximum Gasteiger partial charge on any atom is 0.313 e. The lowest BCUT2D eigenvalue weighted by Gasteiger charge is -2.17. The molecule has 0 spiro atoms. The molecule has 0 aliphatic heterocycles. The number of carbonyl (C=O) groups is 1. The predicted molar refractivity (Wildman–Crippen MR) is 79.7 cm³/mol. The maximum atomic E-state index is 12.6. The summed E-state index contributed by atoms with van der Waals surface area (Å²) >= 11 is 2.51. The molecule has 1 unspecified atom stereocenters. The first-order valence-corrected chi connectivity index (χ1v) is 8.29. The fourth-order valence-electron chi connectivity index (χ4n) is 2.28. The lowest BCUT2D eigenvalue weighted by atomic mass is 10.2. The molecular weight excluding hydrogens is 296 g/mol. The van der Waals surface area contributed by atoms with Crippen molar-refractivity contribution < 1.29 is 9.90 Å². The molecule has 2 aromatic rings. The number of nitrogens with zero attached hydrogens (tertiary/aromatic N) is 2. The summed E-state index contributed by atoms with van der Waals surface area (Å²) in [6.45, 7) is 2.02. The van der Waals surface area contributed by atoms with Crippen LogP contribution in [-0.2, 0) is 4.79 Å². The Morgan fingerprint density at radius 3 is 3.05 bits per heavy atom. The van der Waals surface area contributed by atoms with Gasteiger partial charge in [0.25, 0.3) is 5.56 Å². The second kappa shape index (κ2) is 5.21. The van der Waals surface area contributed by atoms with Gasteiger partial charge in [-0.1, -0.05) is 11.8 Å². The van der Waals surface area contributed by atoms with E-state index in [1.807, 2.05) is 12.3 Å². The van der Waals surface area contributed by atoms with Gasteiger partial charge in [-0.15, -0.1) is 11.3 Å². The van der Waals surface area contributed by atoms with E-state index in [-0.39, 0.29) is 17.4 Å². The topological polar surface area (TPSA) is 72.2 Å². The SMILES string of the molecule is CC(C1CC1)n1c(SCC(=O)O)nc2ccsc2c1=O. The Morgan fingerprint density at radius 1 is 1.65 bits per heavy atom. The molecule has 0 aromatic carbocycles. The molecule has 2 aromatic heterocycles. The van der Waals surface area contributed by atoms with E-state index in [1.165, 1.54) is 11.3 Å². The molecule has 0 radical (unpaired) electrons. The van der Waals surface area contributed by atoms with Crippen molar-refractivity contribution in [3.05, 3.63) is 21.8 Å². The number of aromatic nitrogens is 2. The Kier molecular flexibility index (Phi) is 3.55. The summed E-state index contributed by atoms with van der Waals surface area (Å²) in [6.07, 6.45) is 2.25. The standard InChI is InChI=1S/C13H14N2O3S2/c1-7(8-2-3-8)15-12(18)11-9(4-5-19-11)14-13(15)20-6-10(16)17/h4-5,7-8H,2-3,6H2,1H3,(H,16,17). The quantitative estimate of drug-likeness (QED) is 0.679. The van der Waals surface area contributed by atoms with Gasteiger partial charge in [0.15, 0.2) is 5.16 Å². The van der Waals surface area contributed by atoms with Crippen LogP contribution in [0.2, 0.25) is 0 Å². The molecule has 20 heavy (non-hydrogen) atoms. The van der Waals surface area contributed by atoms with Gasteiger partial charge in [0.05, 0.1) is 11.3 Å². The minimum absolute atomic E-state index is 0.0442. The second-order valence-electron chi connectivity index (χ2n) is 4.96. The van der Waals surface area contributed by atoms with Crippen molar-refractivity contribution in [2.75, 3.05) is 5.75 Å². The number of rotatable bonds is 5. The van der Waals surface area contributed by atoms with Gasteiger partial charge < -0.3 is 5.11 Å². The number of carboxylic acid groups (broad SMARTS) is 1. The Hall–Kier alpha value is -1.34. The van der Waals surface area contributed by atoms with E-state index in [0.29, 0.717) is 21.3 Å². The molecule has 2 heterocycles. The molecule has 1 atom stereocenters. The molecule has 1 saturated carbocycles. The van der Waals surface area contributed by atoms with Crippen molar-refractivity contribution >= 4 is 39.3 Å². The van der Waals surface area contributed by atoms with E-state index in [1.54, 1.807) is 10.6 Å². The van der Waals surface area contributed by atoms with Crippen molar-refractivity contribution in [1.29, 1.82) is 0 Å². The highest BCUT2D eigenvalue weighted by Gasteiger charge is 2.32. The normalized spacial score (nSPS) is 16.4. The molecule has 0 saturated heterocycles. The van der Waals surface area contributed by atoms with Gasteiger partial charge in [-0.2, -0.15) is 0 Å². The van der Waals surface area contributed by atoms with Crippen LogP contribution in [0.3, 0.4) is 0 Å². The van der Waals surface area contributed by atoms with Crippen LogP contribution in [0, 0.1) is 5.92 Å². The second-order valence-corrected chi connectivity index (χ2v) is 6.82. The lowest BCUT2D eigenvalue weighted by Crippen LogP contribution is -2.27. The first-order chi connectivity index (χ1) is 9.58.